The SMILES string of the molecule is COc1ccc([C@@H]2C[C@H](C(F)(F)F)n3nc(C(=O)Nc4cc(Oc5ccc6c(c5)CCC6)cc([N+](=O)[O-])c4)cc3N2)cc1. The number of amides is 1. The summed E-state index contributed by atoms with van der Waals surface area (Å²) in [6.45, 7) is 0. The third kappa shape index (κ3) is 5.83. The maximum Gasteiger partial charge on any atom is 0.410 e. The van der Waals surface area contributed by atoms with Gasteiger partial charge in [0.05, 0.1) is 29.8 Å². The van der Waals surface area contributed by atoms with Gasteiger partial charge in [0.15, 0.2) is 11.7 Å². The number of aromatic nitrogens is 2. The number of aryl methyl sites for hydroxylation is 2. The third-order valence-electron chi connectivity index (χ3n) is 7.61. The Bertz CT molecular complexity index is 1700. The van der Waals surface area contributed by atoms with Gasteiger partial charge in [0.2, 0.25) is 0 Å². The minimum Gasteiger partial charge on any atom is -0.497 e. The molecule has 0 bridgehead atoms. The maximum atomic E-state index is 14.1. The van der Waals surface area contributed by atoms with Gasteiger partial charge < -0.3 is 20.1 Å². The van der Waals surface area contributed by atoms with Crippen LogP contribution in [0.25, 0.3) is 0 Å². The number of alkyl halides is 3. The Morgan fingerprint density at radius 3 is 2.49 bits per heavy atom. The number of halogens is 3. The van der Waals surface area contributed by atoms with Crippen LogP contribution in [-0.4, -0.2) is 33.9 Å². The fourth-order valence-corrected chi connectivity index (χ4v) is 5.50. The zero-order valence-electron chi connectivity index (χ0n) is 22.9. The van der Waals surface area contributed by atoms with Crippen LogP contribution in [0.2, 0.25) is 0 Å². The van der Waals surface area contributed by atoms with Crippen molar-refractivity contribution in [1.82, 2.24) is 9.78 Å². The first kappa shape index (κ1) is 28.1. The van der Waals surface area contributed by atoms with Crippen LogP contribution in [0.5, 0.6) is 17.2 Å². The molecule has 0 radical (unpaired) electrons. The second-order valence-corrected chi connectivity index (χ2v) is 10.4. The predicted octanol–water partition coefficient (Wildman–Crippen LogP) is 6.99. The van der Waals surface area contributed by atoms with E-state index < -0.39 is 29.1 Å². The van der Waals surface area contributed by atoms with E-state index in [9.17, 15) is 28.1 Å². The van der Waals surface area contributed by atoms with Crippen LogP contribution in [0.4, 0.5) is 30.4 Å². The van der Waals surface area contributed by atoms with E-state index in [1.807, 2.05) is 12.1 Å². The molecule has 0 saturated heterocycles. The standard InChI is InChI=1S/C30H26F3N5O5/c1-42-22-8-6-18(7-9-22)25-15-27(30(31,32)33)37-28(35-25)16-26(36-37)29(39)34-20-12-21(38(40)41)14-24(13-20)43-23-10-5-17-3-2-4-19(17)11-23/h5-14,16,25,27,35H,2-4,15H2,1H3,(H,34,39)/t25-,27+/m0/s1. The molecule has 0 unspecified atom stereocenters. The molecular formula is C30H26F3N5O5. The lowest BCUT2D eigenvalue weighted by Gasteiger charge is -2.33. The Morgan fingerprint density at radius 2 is 1.77 bits per heavy atom. The van der Waals surface area contributed by atoms with Gasteiger partial charge in [-0.05, 0) is 60.2 Å². The first-order chi connectivity index (χ1) is 20.6. The summed E-state index contributed by atoms with van der Waals surface area (Å²) in [6, 6.07) is 14.6. The van der Waals surface area contributed by atoms with Gasteiger partial charge >= 0.3 is 6.18 Å². The first-order valence-electron chi connectivity index (χ1n) is 13.5. The van der Waals surface area contributed by atoms with E-state index in [0.717, 1.165) is 35.6 Å². The van der Waals surface area contributed by atoms with E-state index in [4.69, 9.17) is 9.47 Å². The number of carbonyl (C=O) groups excluding carboxylic acids is 1. The highest BCUT2D eigenvalue weighted by Crippen LogP contribution is 2.44. The van der Waals surface area contributed by atoms with E-state index in [0.29, 0.717) is 17.1 Å². The van der Waals surface area contributed by atoms with Crippen molar-refractivity contribution in [2.24, 2.45) is 0 Å². The summed E-state index contributed by atoms with van der Waals surface area (Å²) >= 11 is 0. The fraction of sp³-hybridized carbons (Fsp3) is 0.267. The Morgan fingerprint density at radius 1 is 1.02 bits per heavy atom. The molecule has 222 valence electrons. The topological polar surface area (TPSA) is 121 Å². The fourth-order valence-electron chi connectivity index (χ4n) is 5.50. The van der Waals surface area contributed by atoms with Gasteiger partial charge in [0, 0.05) is 24.6 Å². The number of anilines is 2. The number of nitrogens with zero attached hydrogens (tertiary/aromatic N) is 3. The number of ether oxygens (including phenoxy) is 2. The molecular weight excluding hydrogens is 567 g/mol. The highest BCUT2D eigenvalue weighted by atomic mass is 19.4. The quantitative estimate of drug-likeness (QED) is 0.175. The predicted molar refractivity (Wildman–Crippen MR) is 151 cm³/mol. The molecule has 2 heterocycles. The second kappa shape index (κ2) is 11.0. The molecule has 3 aromatic carbocycles. The largest absolute Gasteiger partial charge is 0.497 e. The monoisotopic (exact) mass is 593 g/mol. The number of hydrogen-bond acceptors (Lipinski definition) is 7. The van der Waals surface area contributed by atoms with Crippen LogP contribution >= 0.6 is 0 Å². The molecule has 1 aliphatic carbocycles. The van der Waals surface area contributed by atoms with Crippen molar-refractivity contribution in [3.63, 3.8) is 0 Å². The van der Waals surface area contributed by atoms with Crippen molar-refractivity contribution in [2.75, 3.05) is 17.7 Å². The van der Waals surface area contributed by atoms with Gasteiger partial charge in [-0.15, -0.1) is 0 Å². The van der Waals surface area contributed by atoms with Crippen LogP contribution in [-0.2, 0) is 12.8 Å². The van der Waals surface area contributed by atoms with E-state index >= 15 is 0 Å². The van der Waals surface area contributed by atoms with Gasteiger partial charge in [-0.25, -0.2) is 4.68 Å². The molecule has 1 aromatic heterocycles. The first-order valence-corrected chi connectivity index (χ1v) is 13.5. The van der Waals surface area contributed by atoms with E-state index in [1.54, 1.807) is 30.3 Å². The van der Waals surface area contributed by atoms with Gasteiger partial charge in [0.1, 0.15) is 23.1 Å². The van der Waals surface area contributed by atoms with Crippen molar-refractivity contribution in [3.05, 3.63) is 99.2 Å². The second-order valence-electron chi connectivity index (χ2n) is 10.4. The Balaban J connectivity index is 1.25. The number of fused-ring (bicyclic) bond motifs is 2. The lowest BCUT2D eigenvalue weighted by Crippen LogP contribution is -2.35. The maximum absolute atomic E-state index is 14.1. The summed E-state index contributed by atoms with van der Waals surface area (Å²) in [5.74, 6) is 0.357. The highest BCUT2D eigenvalue weighted by molar-refractivity contribution is 6.03. The van der Waals surface area contributed by atoms with Gasteiger partial charge in [-0.3, -0.25) is 14.9 Å². The van der Waals surface area contributed by atoms with Crippen LogP contribution in [0.3, 0.4) is 0 Å². The number of methoxy groups -OCH3 is 1. The summed E-state index contributed by atoms with van der Waals surface area (Å²) in [6.07, 6.45) is -2.03. The number of rotatable bonds is 7. The van der Waals surface area contributed by atoms with E-state index in [2.05, 4.69) is 15.7 Å². The molecule has 2 atom stereocenters. The minimum absolute atomic E-state index is 0.0132. The Labute approximate surface area is 243 Å². The van der Waals surface area contributed by atoms with Crippen molar-refractivity contribution >= 4 is 23.1 Å². The number of nitro groups is 1. The van der Waals surface area contributed by atoms with Crippen molar-refractivity contribution in [1.29, 1.82) is 0 Å². The molecule has 1 aliphatic heterocycles. The van der Waals surface area contributed by atoms with Crippen molar-refractivity contribution < 1.29 is 32.4 Å². The van der Waals surface area contributed by atoms with E-state index in [-0.39, 0.29) is 35.1 Å². The molecule has 0 spiro atoms. The number of benzene rings is 3. The van der Waals surface area contributed by atoms with Gasteiger partial charge in [0.25, 0.3) is 11.6 Å². The third-order valence-corrected chi connectivity index (χ3v) is 7.61. The van der Waals surface area contributed by atoms with E-state index in [1.165, 1.54) is 30.9 Å². The Hall–Kier alpha value is -5.07. The lowest BCUT2D eigenvalue weighted by molar-refractivity contribution is -0.384. The average molecular weight is 594 g/mol. The molecule has 1 amide bonds. The summed E-state index contributed by atoms with van der Waals surface area (Å²) in [5, 5.41) is 21.1. The van der Waals surface area contributed by atoms with Gasteiger partial charge in [-0.1, -0.05) is 18.2 Å². The van der Waals surface area contributed by atoms with Crippen LogP contribution in [0.1, 0.15) is 52.1 Å². The molecule has 2 aliphatic rings. The van der Waals surface area contributed by atoms with Crippen molar-refractivity contribution in [3.8, 4) is 17.2 Å². The number of carbonyl (C=O) groups is 1. The molecule has 0 fully saturated rings. The van der Waals surface area contributed by atoms with Crippen LogP contribution < -0.4 is 20.1 Å². The number of non-ortho nitro benzene ring substituents is 1. The summed E-state index contributed by atoms with van der Waals surface area (Å²) in [4.78, 5) is 24.2. The minimum atomic E-state index is -4.63. The van der Waals surface area contributed by atoms with Gasteiger partial charge in [-0.2, -0.15) is 18.3 Å². The Kier molecular flexibility index (Phi) is 7.16. The zero-order valence-corrected chi connectivity index (χ0v) is 22.9. The number of nitrogens with one attached hydrogen (secondary N) is 2. The molecule has 0 saturated carbocycles. The normalized spacial score (nSPS) is 17.4. The average Bonchev–Trinajstić information content (AvgIpc) is 3.63. The molecule has 43 heavy (non-hydrogen) atoms. The van der Waals surface area contributed by atoms with Crippen molar-refractivity contribution in [2.45, 2.75) is 43.9 Å². The number of hydrogen-bond donors (Lipinski definition) is 2. The number of nitro benzene ring substituents is 1. The lowest BCUT2D eigenvalue weighted by atomic mass is 9.97. The molecule has 6 rings (SSSR count). The van der Waals surface area contributed by atoms with Crippen LogP contribution in [0, 0.1) is 10.1 Å². The molecule has 10 nitrogen and oxygen atoms in total. The molecule has 13 heteroatoms. The summed E-state index contributed by atoms with van der Waals surface area (Å²) in [5.41, 5.74) is 2.40. The van der Waals surface area contributed by atoms with Crippen LogP contribution in [0.15, 0.2) is 66.7 Å². The highest BCUT2D eigenvalue weighted by Gasteiger charge is 2.46. The summed E-state index contributed by atoms with van der Waals surface area (Å²) < 4.78 is 54.1. The zero-order chi connectivity index (χ0) is 30.3. The summed E-state index contributed by atoms with van der Waals surface area (Å²) in [7, 11) is 1.49. The smallest absolute Gasteiger partial charge is 0.410 e. The molecule has 2 N–H and O–H groups in total. The molecule has 4 aromatic rings.